The summed E-state index contributed by atoms with van der Waals surface area (Å²) in [5.74, 6) is -1.65. The zero-order chi connectivity index (χ0) is 20.7. The molecule has 3 amide bonds. The molecule has 28 heavy (non-hydrogen) atoms. The van der Waals surface area contributed by atoms with Crippen LogP contribution in [0.25, 0.3) is 6.08 Å². The molecule has 0 aromatic heterocycles. The van der Waals surface area contributed by atoms with Crippen LogP contribution in [0.4, 0.5) is 4.79 Å². The van der Waals surface area contributed by atoms with Gasteiger partial charge in [0, 0.05) is 19.2 Å². The van der Waals surface area contributed by atoms with Crippen molar-refractivity contribution in [3.8, 4) is 0 Å². The van der Waals surface area contributed by atoms with Crippen LogP contribution in [-0.4, -0.2) is 63.0 Å². The number of nitrogens with zero attached hydrogens (tertiary/aromatic N) is 1. The molecule has 11 heteroatoms. The number of esters is 1. The molecule has 1 fully saturated rings. The number of nitrogens with two attached hydrogens (primary N) is 1. The second-order valence-corrected chi connectivity index (χ2v) is 7.79. The highest BCUT2D eigenvalue weighted by molar-refractivity contribution is 7.89. The summed E-state index contributed by atoms with van der Waals surface area (Å²) in [4.78, 5) is 33.9. The van der Waals surface area contributed by atoms with Crippen LogP contribution >= 0.6 is 0 Å². The smallest absolute Gasteiger partial charge is 0.331 e. The van der Waals surface area contributed by atoms with Gasteiger partial charge in [0.1, 0.15) is 0 Å². The van der Waals surface area contributed by atoms with E-state index in [-0.39, 0.29) is 4.90 Å². The predicted octanol–water partition coefficient (Wildman–Crippen LogP) is -0.153. The summed E-state index contributed by atoms with van der Waals surface area (Å²) in [5.41, 5.74) is 5.37. The van der Waals surface area contributed by atoms with Crippen molar-refractivity contribution in [2.45, 2.75) is 17.9 Å². The van der Waals surface area contributed by atoms with E-state index in [2.05, 4.69) is 0 Å². The van der Waals surface area contributed by atoms with Crippen LogP contribution in [0.15, 0.2) is 35.2 Å². The SMILES string of the molecule is C[C@@H](OC(=O)/C=C/c1ccc(S(=O)(=O)N2CCOCC2)cc1)C(=O)NC(N)=O. The van der Waals surface area contributed by atoms with E-state index in [1.165, 1.54) is 29.4 Å². The lowest BCUT2D eigenvalue weighted by Gasteiger charge is -2.26. The first-order valence-corrected chi connectivity index (χ1v) is 9.81. The molecule has 1 aliphatic heterocycles. The van der Waals surface area contributed by atoms with E-state index in [4.69, 9.17) is 15.2 Å². The topological polar surface area (TPSA) is 145 Å². The normalized spacial score (nSPS) is 16.5. The first-order valence-electron chi connectivity index (χ1n) is 8.37. The highest BCUT2D eigenvalue weighted by Gasteiger charge is 2.26. The van der Waals surface area contributed by atoms with Crippen LogP contribution in [0.3, 0.4) is 0 Å². The fourth-order valence-corrected chi connectivity index (χ4v) is 3.75. The van der Waals surface area contributed by atoms with Gasteiger partial charge in [-0.1, -0.05) is 12.1 Å². The monoisotopic (exact) mass is 411 g/mol. The Balaban J connectivity index is 1.97. The molecule has 1 aromatic rings. The van der Waals surface area contributed by atoms with E-state index in [0.29, 0.717) is 31.9 Å². The van der Waals surface area contributed by atoms with Gasteiger partial charge in [0.15, 0.2) is 6.10 Å². The summed E-state index contributed by atoms with van der Waals surface area (Å²) in [6, 6.07) is 4.92. The van der Waals surface area contributed by atoms with Crippen molar-refractivity contribution < 1.29 is 32.3 Å². The second-order valence-electron chi connectivity index (χ2n) is 5.85. The molecular weight excluding hydrogens is 390 g/mol. The minimum absolute atomic E-state index is 0.144. The van der Waals surface area contributed by atoms with Crippen molar-refractivity contribution in [1.82, 2.24) is 9.62 Å². The van der Waals surface area contributed by atoms with Crippen molar-refractivity contribution in [3.05, 3.63) is 35.9 Å². The van der Waals surface area contributed by atoms with E-state index >= 15 is 0 Å². The Bertz CT molecular complexity index is 859. The number of hydrogen-bond acceptors (Lipinski definition) is 7. The van der Waals surface area contributed by atoms with Crippen LogP contribution in [0, 0.1) is 0 Å². The van der Waals surface area contributed by atoms with Gasteiger partial charge in [-0.2, -0.15) is 4.31 Å². The number of urea groups is 1. The molecule has 1 aliphatic rings. The Morgan fingerprint density at radius 1 is 1.21 bits per heavy atom. The zero-order valence-electron chi connectivity index (χ0n) is 15.2. The van der Waals surface area contributed by atoms with E-state index < -0.39 is 34.0 Å². The summed E-state index contributed by atoms with van der Waals surface area (Å²) < 4.78 is 36.4. The van der Waals surface area contributed by atoms with Crippen LogP contribution in [0.5, 0.6) is 0 Å². The average molecular weight is 411 g/mol. The van der Waals surface area contributed by atoms with Gasteiger partial charge in [-0.05, 0) is 30.7 Å². The van der Waals surface area contributed by atoms with E-state index in [0.717, 1.165) is 6.08 Å². The van der Waals surface area contributed by atoms with Crippen LogP contribution in [0.1, 0.15) is 12.5 Å². The zero-order valence-corrected chi connectivity index (χ0v) is 16.0. The largest absolute Gasteiger partial charge is 0.449 e. The fourth-order valence-electron chi connectivity index (χ4n) is 2.34. The highest BCUT2D eigenvalue weighted by atomic mass is 32.2. The van der Waals surface area contributed by atoms with Gasteiger partial charge in [0.25, 0.3) is 5.91 Å². The van der Waals surface area contributed by atoms with Crippen molar-refractivity contribution in [2.24, 2.45) is 5.73 Å². The summed E-state index contributed by atoms with van der Waals surface area (Å²) in [6.07, 6.45) is 1.29. The van der Waals surface area contributed by atoms with Crippen LogP contribution < -0.4 is 11.1 Å². The molecule has 0 unspecified atom stereocenters. The molecule has 2 rings (SSSR count). The summed E-state index contributed by atoms with van der Waals surface area (Å²) in [6.45, 7) is 2.61. The van der Waals surface area contributed by atoms with Gasteiger partial charge in [-0.25, -0.2) is 18.0 Å². The Hall–Kier alpha value is -2.76. The van der Waals surface area contributed by atoms with E-state index in [9.17, 15) is 22.8 Å². The van der Waals surface area contributed by atoms with E-state index in [1.807, 2.05) is 0 Å². The molecule has 1 atom stereocenters. The summed E-state index contributed by atoms with van der Waals surface area (Å²) in [5, 5.41) is 1.80. The molecule has 0 radical (unpaired) electrons. The van der Waals surface area contributed by atoms with Crippen molar-refractivity contribution in [3.63, 3.8) is 0 Å². The first-order chi connectivity index (χ1) is 13.2. The third kappa shape index (κ3) is 5.87. The van der Waals surface area contributed by atoms with Crippen molar-refractivity contribution in [1.29, 1.82) is 0 Å². The molecular formula is C17H21N3O7S. The summed E-state index contributed by atoms with van der Waals surface area (Å²) >= 11 is 0. The maximum atomic E-state index is 12.5. The highest BCUT2D eigenvalue weighted by Crippen LogP contribution is 2.18. The number of carbonyl (C=O) groups is 3. The number of rotatable bonds is 6. The Kier molecular flexibility index (Phi) is 7.26. The van der Waals surface area contributed by atoms with Gasteiger partial charge < -0.3 is 15.2 Å². The number of amides is 3. The van der Waals surface area contributed by atoms with Crippen LogP contribution in [-0.2, 0) is 29.1 Å². The molecule has 1 aromatic carbocycles. The lowest BCUT2D eigenvalue weighted by Crippen LogP contribution is -2.42. The number of sulfonamides is 1. The molecule has 1 heterocycles. The van der Waals surface area contributed by atoms with Gasteiger partial charge in [-0.3, -0.25) is 10.1 Å². The van der Waals surface area contributed by atoms with Gasteiger partial charge in [0.2, 0.25) is 10.0 Å². The molecule has 0 aliphatic carbocycles. The number of nitrogens with one attached hydrogen (secondary N) is 1. The fraction of sp³-hybridized carbons (Fsp3) is 0.353. The molecule has 1 saturated heterocycles. The predicted molar refractivity (Wildman–Crippen MR) is 98.3 cm³/mol. The van der Waals surface area contributed by atoms with Gasteiger partial charge >= 0.3 is 12.0 Å². The third-order valence-electron chi connectivity index (χ3n) is 3.81. The van der Waals surface area contributed by atoms with Crippen molar-refractivity contribution in [2.75, 3.05) is 26.3 Å². The Morgan fingerprint density at radius 2 is 1.82 bits per heavy atom. The minimum atomic E-state index is -3.59. The van der Waals surface area contributed by atoms with E-state index in [1.54, 1.807) is 17.4 Å². The number of morpholine rings is 1. The second kappa shape index (κ2) is 9.44. The standard InChI is InChI=1S/C17H21N3O7S/c1-12(16(22)19-17(18)23)27-15(21)7-4-13-2-5-14(6-3-13)28(24,25)20-8-10-26-11-9-20/h2-7,12H,8-11H2,1H3,(H3,18,19,22,23)/b7-4+/t12-/m1/s1. The van der Waals surface area contributed by atoms with Crippen LogP contribution in [0.2, 0.25) is 0 Å². The number of imide groups is 1. The molecule has 0 spiro atoms. The lowest BCUT2D eigenvalue weighted by molar-refractivity contribution is -0.149. The molecule has 3 N–H and O–H groups in total. The Labute approximate surface area is 162 Å². The maximum Gasteiger partial charge on any atom is 0.331 e. The minimum Gasteiger partial charge on any atom is -0.449 e. The number of ether oxygens (including phenoxy) is 2. The van der Waals surface area contributed by atoms with Crippen molar-refractivity contribution >= 4 is 34.0 Å². The van der Waals surface area contributed by atoms with Gasteiger partial charge in [-0.15, -0.1) is 0 Å². The first kappa shape index (κ1) is 21.5. The third-order valence-corrected chi connectivity index (χ3v) is 5.72. The Morgan fingerprint density at radius 3 is 2.39 bits per heavy atom. The molecule has 0 saturated carbocycles. The average Bonchev–Trinajstić information content (AvgIpc) is 2.67. The number of hydrogen-bond donors (Lipinski definition) is 2. The lowest BCUT2D eigenvalue weighted by atomic mass is 10.2. The van der Waals surface area contributed by atoms with Gasteiger partial charge in [0.05, 0.1) is 18.1 Å². The molecule has 152 valence electrons. The quantitative estimate of drug-likeness (QED) is 0.489. The molecule has 10 nitrogen and oxygen atoms in total. The summed E-state index contributed by atoms with van der Waals surface area (Å²) in [7, 11) is -3.59. The maximum absolute atomic E-state index is 12.5. The number of benzene rings is 1. The number of carbonyl (C=O) groups excluding carboxylic acids is 3. The number of primary amides is 1. The molecule has 0 bridgehead atoms.